The van der Waals surface area contributed by atoms with Gasteiger partial charge in [0.2, 0.25) is 0 Å². The van der Waals surface area contributed by atoms with E-state index in [4.69, 9.17) is 0 Å². The molecule has 4 rings (SSSR count). The fraction of sp³-hybridized carbons (Fsp3) is 0.250. The van der Waals surface area contributed by atoms with E-state index in [0.717, 1.165) is 42.0 Å². The Balaban J connectivity index is 1.31. The van der Waals surface area contributed by atoms with Crippen molar-refractivity contribution in [2.75, 3.05) is 17.6 Å². The van der Waals surface area contributed by atoms with Crippen molar-refractivity contribution in [3.05, 3.63) is 28.7 Å². The minimum absolute atomic E-state index is 0.222. The highest BCUT2D eigenvalue weighted by Crippen LogP contribution is 2.35. The molecule has 4 aromatic rings. The van der Waals surface area contributed by atoms with Crippen LogP contribution >= 0.6 is 45.8 Å². The fourth-order valence-corrected chi connectivity index (χ4v) is 6.04. The molecule has 26 heavy (non-hydrogen) atoms. The number of rotatable bonds is 6. The van der Waals surface area contributed by atoms with E-state index in [1.807, 2.05) is 24.4 Å². The monoisotopic (exact) mass is 421 g/mol. The minimum atomic E-state index is -0.222. The largest absolute Gasteiger partial charge is 0.338 e. The van der Waals surface area contributed by atoms with E-state index in [0.29, 0.717) is 11.7 Å². The number of thioether (sulfide) groups is 1. The second-order valence-electron chi connectivity index (χ2n) is 5.39. The van der Waals surface area contributed by atoms with Gasteiger partial charge >= 0.3 is 6.03 Å². The van der Waals surface area contributed by atoms with Crippen LogP contribution in [0.1, 0.15) is 11.4 Å². The van der Waals surface area contributed by atoms with Gasteiger partial charge in [-0.15, -0.1) is 22.7 Å². The molecule has 0 unspecified atom stereocenters. The van der Waals surface area contributed by atoms with E-state index in [2.05, 4.69) is 25.6 Å². The molecule has 6 nitrogen and oxygen atoms in total. The second kappa shape index (κ2) is 7.87. The molecule has 3 heterocycles. The first kappa shape index (κ1) is 17.7. The van der Waals surface area contributed by atoms with E-state index < -0.39 is 0 Å². The van der Waals surface area contributed by atoms with Crippen LogP contribution in [0.15, 0.2) is 28.0 Å². The number of carbonyl (C=O) groups excluding carboxylic acids is 1. The number of amides is 2. The van der Waals surface area contributed by atoms with Gasteiger partial charge in [0.15, 0.2) is 5.13 Å². The van der Waals surface area contributed by atoms with E-state index in [9.17, 15) is 4.79 Å². The van der Waals surface area contributed by atoms with Crippen molar-refractivity contribution in [1.29, 1.82) is 0 Å². The molecule has 134 valence electrons. The summed E-state index contributed by atoms with van der Waals surface area (Å²) < 4.78 is 3.27. The molecule has 0 aliphatic heterocycles. The highest BCUT2D eigenvalue weighted by Gasteiger charge is 2.12. The summed E-state index contributed by atoms with van der Waals surface area (Å²) in [4.78, 5) is 25.3. The Bertz CT molecular complexity index is 1040. The molecule has 10 heteroatoms. The predicted molar refractivity (Wildman–Crippen MR) is 112 cm³/mol. The molecule has 0 bridgehead atoms. The lowest BCUT2D eigenvalue weighted by molar-refractivity contribution is 0.252. The molecule has 2 amide bonds. The van der Waals surface area contributed by atoms with Crippen LogP contribution in [0.25, 0.3) is 20.4 Å². The second-order valence-corrected chi connectivity index (χ2v) is 9.83. The maximum Gasteiger partial charge on any atom is 0.321 e. The molecule has 0 spiro atoms. The van der Waals surface area contributed by atoms with Crippen LogP contribution in [-0.4, -0.2) is 33.3 Å². The third-order valence-electron chi connectivity index (χ3n) is 3.48. The van der Waals surface area contributed by atoms with Gasteiger partial charge in [-0.2, -0.15) is 0 Å². The quantitative estimate of drug-likeness (QED) is 0.339. The summed E-state index contributed by atoms with van der Waals surface area (Å²) in [5.74, 6) is 0.928. The molecule has 3 aromatic heterocycles. The zero-order chi connectivity index (χ0) is 17.9. The Morgan fingerprint density at radius 2 is 2.00 bits per heavy atom. The summed E-state index contributed by atoms with van der Waals surface area (Å²) in [6, 6.07) is 3.71. The summed E-state index contributed by atoms with van der Waals surface area (Å²) >= 11 is 6.49. The SMILES string of the molecule is Cc1nc2ccc3nc(NC(=O)NCCCSc4nccs4)sc3c2s1. The summed E-state index contributed by atoms with van der Waals surface area (Å²) in [5.41, 5.74) is 1.87. The number of hydrogen-bond acceptors (Lipinski definition) is 8. The Kier molecular flexibility index (Phi) is 5.34. The van der Waals surface area contributed by atoms with Crippen LogP contribution in [0.2, 0.25) is 0 Å². The van der Waals surface area contributed by atoms with Crippen molar-refractivity contribution in [3.63, 3.8) is 0 Å². The first-order valence-electron chi connectivity index (χ1n) is 7.93. The summed E-state index contributed by atoms with van der Waals surface area (Å²) in [6.07, 6.45) is 2.69. The van der Waals surface area contributed by atoms with E-state index in [1.165, 1.54) is 11.3 Å². The zero-order valence-electron chi connectivity index (χ0n) is 13.8. The molecule has 0 atom stereocenters. The van der Waals surface area contributed by atoms with Gasteiger partial charge in [0.05, 0.1) is 25.4 Å². The van der Waals surface area contributed by atoms with Crippen molar-refractivity contribution in [2.24, 2.45) is 0 Å². The normalized spacial score (nSPS) is 11.3. The molecule has 1 aromatic carbocycles. The number of carbonyl (C=O) groups is 1. The van der Waals surface area contributed by atoms with Crippen LogP contribution in [0, 0.1) is 6.92 Å². The molecular weight excluding hydrogens is 406 g/mol. The van der Waals surface area contributed by atoms with Gasteiger partial charge in [0.1, 0.15) is 4.34 Å². The highest BCUT2D eigenvalue weighted by atomic mass is 32.2. The maximum atomic E-state index is 12.1. The molecule has 0 saturated carbocycles. The number of aromatic nitrogens is 3. The average molecular weight is 422 g/mol. The predicted octanol–water partition coefficient (Wildman–Crippen LogP) is 4.97. The smallest absolute Gasteiger partial charge is 0.321 e. The highest BCUT2D eigenvalue weighted by molar-refractivity contribution is 8.00. The number of hydrogen-bond donors (Lipinski definition) is 2. The molecule has 0 saturated heterocycles. The van der Waals surface area contributed by atoms with Gasteiger partial charge < -0.3 is 5.32 Å². The third-order valence-corrected chi connectivity index (χ3v) is 7.67. The number of urea groups is 1. The van der Waals surface area contributed by atoms with E-state index in [-0.39, 0.29) is 6.03 Å². The molecule has 0 radical (unpaired) electrons. The molecular formula is C16H15N5OS4. The standard InChI is InChI=1S/C16H15N5OS4/c1-9-19-10-3-4-11-13(12(10)25-9)26-15(20-11)21-14(22)17-5-2-7-23-16-18-6-8-24-16/h3-4,6,8H,2,5,7H2,1H3,(H2,17,20,21,22). The van der Waals surface area contributed by atoms with Crippen LogP contribution in [0.4, 0.5) is 9.93 Å². The third kappa shape index (κ3) is 3.98. The average Bonchev–Trinajstić information content (AvgIpc) is 3.32. The number of nitrogens with zero attached hydrogens (tertiary/aromatic N) is 3. The zero-order valence-corrected chi connectivity index (χ0v) is 17.1. The Hall–Kier alpha value is -1.75. The van der Waals surface area contributed by atoms with Crippen molar-refractivity contribution < 1.29 is 4.79 Å². The number of thiazole rings is 3. The van der Waals surface area contributed by atoms with Crippen molar-refractivity contribution in [2.45, 2.75) is 17.7 Å². The molecule has 0 aliphatic rings. The Morgan fingerprint density at radius 1 is 1.19 bits per heavy atom. The first-order chi connectivity index (χ1) is 12.7. The first-order valence-corrected chi connectivity index (χ1v) is 11.4. The number of anilines is 1. The number of fused-ring (bicyclic) bond motifs is 3. The van der Waals surface area contributed by atoms with Gasteiger partial charge in [-0.3, -0.25) is 5.32 Å². The van der Waals surface area contributed by atoms with Crippen molar-refractivity contribution in [1.82, 2.24) is 20.3 Å². The maximum absolute atomic E-state index is 12.1. The van der Waals surface area contributed by atoms with Crippen LogP contribution in [0.5, 0.6) is 0 Å². The topological polar surface area (TPSA) is 79.8 Å². The van der Waals surface area contributed by atoms with E-state index in [1.54, 1.807) is 40.6 Å². The minimum Gasteiger partial charge on any atom is -0.338 e. The molecule has 2 N–H and O–H groups in total. The van der Waals surface area contributed by atoms with Crippen LogP contribution < -0.4 is 10.6 Å². The molecule has 0 aliphatic carbocycles. The summed E-state index contributed by atoms with van der Waals surface area (Å²) in [7, 11) is 0. The van der Waals surface area contributed by atoms with Crippen LogP contribution in [0.3, 0.4) is 0 Å². The number of nitrogens with one attached hydrogen (secondary N) is 2. The summed E-state index contributed by atoms with van der Waals surface area (Å²) in [5, 5.41) is 9.31. The summed E-state index contributed by atoms with van der Waals surface area (Å²) in [6.45, 7) is 2.62. The van der Waals surface area contributed by atoms with Gasteiger partial charge in [-0.1, -0.05) is 23.1 Å². The van der Waals surface area contributed by atoms with E-state index >= 15 is 0 Å². The number of benzene rings is 1. The van der Waals surface area contributed by atoms with Gasteiger partial charge in [-0.25, -0.2) is 19.7 Å². The fourth-order valence-electron chi connectivity index (χ4n) is 2.39. The van der Waals surface area contributed by atoms with Gasteiger partial charge in [0, 0.05) is 23.9 Å². The van der Waals surface area contributed by atoms with Crippen molar-refractivity contribution in [3.8, 4) is 0 Å². The lowest BCUT2D eigenvalue weighted by Gasteiger charge is -2.04. The lowest BCUT2D eigenvalue weighted by atomic mass is 10.3. The Morgan fingerprint density at radius 3 is 2.81 bits per heavy atom. The lowest BCUT2D eigenvalue weighted by Crippen LogP contribution is -2.29. The van der Waals surface area contributed by atoms with Crippen LogP contribution in [-0.2, 0) is 0 Å². The Labute approximate surface area is 166 Å². The van der Waals surface area contributed by atoms with Crippen molar-refractivity contribution >= 4 is 77.4 Å². The van der Waals surface area contributed by atoms with Gasteiger partial charge in [0.25, 0.3) is 0 Å². The number of aryl methyl sites for hydroxylation is 1. The van der Waals surface area contributed by atoms with Gasteiger partial charge in [-0.05, 0) is 25.5 Å². The molecule has 0 fully saturated rings.